The van der Waals surface area contributed by atoms with E-state index in [0.717, 1.165) is 18.7 Å². The molecule has 0 radical (unpaired) electrons. The maximum Gasteiger partial charge on any atom is 0.209 e. The highest BCUT2D eigenvalue weighted by Gasteiger charge is 2.38. The molecule has 0 aromatic rings. The predicted molar refractivity (Wildman–Crippen MR) is 115 cm³/mol. The summed E-state index contributed by atoms with van der Waals surface area (Å²) in [5.74, 6) is -0.226. The number of nitrogens with zero attached hydrogens (tertiary/aromatic N) is 2. The SMILES string of the molecule is CCCCCCCCCCCCCCCCC1=NC=C[N+]1(CC(=O)[O-])C(C)N. The summed E-state index contributed by atoms with van der Waals surface area (Å²) in [6.07, 6.45) is 22.6. The number of hydrogen-bond acceptors (Lipinski definition) is 4. The van der Waals surface area contributed by atoms with Crippen molar-refractivity contribution < 1.29 is 14.4 Å². The van der Waals surface area contributed by atoms with Crippen molar-refractivity contribution in [3.8, 4) is 0 Å². The number of amidine groups is 1. The van der Waals surface area contributed by atoms with Gasteiger partial charge in [0.05, 0.1) is 12.2 Å². The van der Waals surface area contributed by atoms with E-state index in [4.69, 9.17) is 5.73 Å². The molecule has 0 amide bonds. The molecule has 1 rings (SSSR count). The molecule has 0 aliphatic carbocycles. The Morgan fingerprint density at radius 3 is 1.86 bits per heavy atom. The second-order valence-corrected chi connectivity index (χ2v) is 8.39. The van der Waals surface area contributed by atoms with Gasteiger partial charge in [0, 0.05) is 13.3 Å². The summed E-state index contributed by atoms with van der Waals surface area (Å²) in [6, 6.07) is 0. The smallest absolute Gasteiger partial charge is 0.209 e. The Balaban J connectivity index is 2.03. The van der Waals surface area contributed by atoms with E-state index in [2.05, 4.69) is 11.9 Å². The van der Waals surface area contributed by atoms with Crippen LogP contribution in [0.2, 0.25) is 0 Å². The largest absolute Gasteiger partial charge is 0.544 e. The van der Waals surface area contributed by atoms with Crippen molar-refractivity contribution in [2.75, 3.05) is 6.54 Å². The van der Waals surface area contributed by atoms with E-state index in [-0.39, 0.29) is 17.2 Å². The van der Waals surface area contributed by atoms with Gasteiger partial charge < -0.3 is 9.90 Å². The molecule has 2 N–H and O–H groups in total. The lowest BCUT2D eigenvalue weighted by molar-refractivity contribution is -0.808. The number of carbonyl (C=O) groups is 1. The molecule has 1 aliphatic heterocycles. The van der Waals surface area contributed by atoms with Gasteiger partial charge in [-0.25, -0.2) is 9.48 Å². The molecule has 0 fully saturated rings. The van der Waals surface area contributed by atoms with Gasteiger partial charge in [-0.1, -0.05) is 90.4 Å². The van der Waals surface area contributed by atoms with E-state index in [1.165, 1.54) is 83.5 Å². The third-order valence-corrected chi connectivity index (χ3v) is 5.91. The molecule has 0 aromatic heterocycles. The second kappa shape index (κ2) is 14.7. The van der Waals surface area contributed by atoms with Crippen LogP contribution in [0.25, 0.3) is 0 Å². The molecule has 0 saturated heterocycles. The summed E-state index contributed by atoms with van der Waals surface area (Å²) in [5, 5.41) is 11.1. The van der Waals surface area contributed by atoms with Gasteiger partial charge in [-0.15, -0.1) is 0 Å². The van der Waals surface area contributed by atoms with Gasteiger partial charge in [0.15, 0.2) is 0 Å². The zero-order valence-corrected chi connectivity index (χ0v) is 18.3. The fraction of sp³-hybridized carbons (Fsp3) is 0.826. The van der Waals surface area contributed by atoms with Crippen LogP contribution in [0.15, 0.2) is 17.4 Å². The minimum atomic E-state index is -1.09. The summed E-state index contributed by atoms with van der Waals surface area (Å²) >= 11 is 0. The number of aliphatic carboxylic acids is 1. The lowest BCUT2D eigenvalue weighted by Gasteiger charge is -2.36. The third kappa shape index (κ3) is 9.33. The van der Waals surface area contributed by atoms with Crippen LogP contribution in [-0.2, 0) is 4.79 Å². The van der Waals surface area contributed by atoms with Crippen LogP contribution >= 0.6 is 0 Å². The van der Waals surface area contributed by atoms with Crippen LogP contribution in [-0.4, -0.2) is 29.0 Å². The van der Waals surface area contributed by atoms with Crippen LogP contribution in [0.5, 0.6) is 0 Å². The average Bonchev–Trinajstić information content (AvgIpc) is 3.05. The normalized spacial score (nSPS) is 19.8. The number of unbranched alkanes of at least 4 members (excludes halogenated alkanes) is 13. The number of carboxylic acids is 1. The van der Waals surface area contributed by atoms with Gasteiger partial charge in [-0.3, -0.25) is 5.73 Å². The number of hydrogen-bond donors (Lipinski definition) is 1. The molecule has 0 bridgehead atoms. The number of carbonyl (C=O) groups excluding carboxylic acids is 1. The van der Waals surface area contributed by atoms with Gasteiger partial charge in [0.1, 0.15) is 18.9 Å². The van der Waals surface area contributed by atoms with Crippen LogP contribution in [0, 0.1) is 0 Å². The van der Waals surface area contributed by atoms with Crippen molar-refractivity contribution in [2.45, 2.75) is 116 Å². The summed E-state index contributed by atoms with van der Waals surface area (Å²) in [7, 11) is 0. The Bertz CT molecular complexity index is 488. The van der Waals surface area contributed by atoms with Crippen LogP contribution in [0.4, 0.5) is 0 Å². The Hall–Kier alpha value is -1.20. The fourth-order valence-corrected chi connectivity index (χ4v) is 4.05. The molecule has 2 unspecified atom stereocenters. The highest BCUT2D eigenvalue weighted by molar-refractivity contribution is 5.81. The van der Waals surface area contributed by atoms with E-state index in [1.54, 1.807) is 12.4 Å². The van der Waals surface area contributed by atoms with E-state index < -0.39 is 5.97 Å². The molecule has 5 heteroatoms. The van der Waals surface area contributed by atoms with Crippen molar-refractivity contribution >= 4 is 11.8 Å². The van der Waals surface area contributed by atoms with E-state index in [1.807, 2.05) is 6.92 Å². The summed E-state index contributed by atoms with van der Waals surface area (Å²) in [6.45, 7) is 3.97. The lowest BCUT2D eigenvalue weighted by Crippen LogP contribution is -2.60. The van der Waals surface area contributed by atoms with Crippen molar-refractivity contribution in [1.82, 2.24) is 0 Å². The van der Waals surface area contributed by atoms with E-state index in [9.17, 15) is 9.90 Å². The predicted octanol–water partition coefficient (Wildman–Crippen LogP) is 4.61. The third-order valence-electron chi connectivity index (χ3n) is 5.91. The number of carboxylic acid groups (broad SMARTS) is 1. The highest BCUT2D eigenvalue weighted by atomic mass is 16.4. The van der Waals surface area contributed by atoms with Crippen LogP contribution in [0.1, 0.15) is 110 Å². The zero-order chi connectivity index (χ0) is 20.7. The molecule has 2 atom stereocenters. The van der Waals surface area contributed by atoms with Crippen LogP contribution < -0.4 is 10.8 Å². The summed E-state index contributed by atoms with van der Waals surface area (Å²) in [4.78, 5) is 15.5. The van der Waals surface area contributed by atoms with Gasteiger partial charge in [-0.2, -0.15) is 0 Å². The lowest BCUT2D eigenvalue weighted by atomic mass is 10.0. The topological polar surface area (TPSA) is 78.5 Å². The van der Waals surface area contributed by atoms with Crippen molar-refractivity contribution in [1.29, 1.82) is 0 Å². The first-order valence-electron chi connectivity index (χ1n) is 11.6. The van der Waals surface area contributed by atoms with E-state index in [0.29, 0.717) is 0 Å². The quantitative estimate of drug-likeness (QED) is 0.273. The van der Waals surface area contributed by atoms with E-state index >= 15 is 0 Å². The fourth-order valence-electron chi connectivity index (χ4n) is 4.05. The minimum absolute atomic E-state index is 0.112. The average molecular weight is 394 g/mol. The Morgan fingerprint density at radius 2 is 1.43 bits per heavy atom. The maximum atomic E-state index is 11.1. The molecule has 162 valence electrons. The van der Waals surface area contributed by atoms with Gasteiger partial charge in [-0.05, 0) is 6.42 Å². The van der Waals surface area contributed by atoms with Crippen molar-refractivity contribution in [3.05, 3.63) is 12.4 Å². The van der Waals surface area contributed by atoms with Crippen molar-refractivity contribution in [3.63, 3.8) is 0 Å². The summed E-state index contributed by atoms with van der Waals surface area (Å²) < 4.78 is 0.112. The number of nitrogens with two attached hydrogens (primary N) is 1. The Kier molecular flexibility index (Phi) is 13.1. The maximum absolute atomic E-state index is 11.1. The summed E-state index contributed by atoms with van der Waals surface area (Å²) in [5.41, 5.74) is 6.07. The molecule has 0 spiro atoms. The molecule has 28 heavy (non-hydrogen) atoms. The van der Waals surface area contributed by atoms with Gasteiger partial charge in [0.2, 0.25) is 5.84 Å². The molecule has 0 aromatic carbocycles. The molecule has 1 aliphatic rings. The first kappa shape index (κ1) is 24.8. The monoisotopic (exact) mass is 393 g/mol. The number of aliphatic imine (C=N–C) groups is 1. The number of rotatable bonds is 18. The minimum Gasteiger partial charge on any atom is -0.544 e. The second-order valence-electron chi connectivity index (χ2n) is 8.39. The Morgan fingerprint density at radius 1 is 0.964 bits per heavy atom. The molecular formula is C23H43N3O2. The van der Waals surface area contributed by atoms with Gasteiger partial charge in [0.25, 0.3) is 0 Å². The molecule has 0 saturated carbocycles. The van der Waals surface area contributed by atoms with Gasteiger partial charge >= 0.3 is 0 Å². The standard InChI is InChI=1S/C23H43N3O2/c1-3-4-5-6-7-8-9-10-11-12-13-14-15-16-17-22-25-18-19-26(22,21(2)24)20-23(27)28/h18-19,21H,3-17,20,24H2,1-2H3. The highest BCUT2D eigenvalue weighted by Crippen LogP contribution is 2.23. The zero-order valence-electron chi connectivity index (χ0n) is 18.3. The Labute approximate surface area is 172 Å². The van der Waals surface area contributed by atoms with Crippen molar-refractivity contribution in [2.24, 2.45) is 10.7 Å². The molecule has 1 heterocycles. The first-order valence-corrected chi connectivity index (χ1v) is 11.6. The molecular weight excluding hydrogens is 350 g/mol. The van der Waals surface area contributed by atoms with Crippen LogP contribution in [0.3, 0.4) is 0 Å². The number of quaternary nitrogens is 1. The first-order chi connectivity index (χ1) is 13.5. The molecule has 5 nitrogen and oxygen atoms in total.